The van der Waals surface area contributed by atoms with E-state index in [1.54, 1.807) is 11.9 Å². The van der Waals surface area contributed by atoms with Crippen LogP contribution in [-0.2, 0) is 14.3 Å². The standard InChI is InChI=1S/C11H21N3O3/c1-11(10(16)13-2)4-5-14(7-11)9(15)8(12)6-17-3/h8H,4-7,12H2,1-3H3,(H,13,16). The Hall–Kier alpha value is -1.14. The average molecular weight is 243 g/mol. The largest absolute Gasteiger partial charge is 0.383 e. The number of rotatable bonds is 4. The predicted molar refractivity (Wildman–Crippen MR) is 63.2 cm³/mol. The van der Waals surface area contributed by atoms with Crippen molar-refractivity contribution in [3.8, 4) is 0 Å². The van der Waals surface area contributed by atoms with Gasteiger partial charge in [0.05, 0.1) is 12.0 Å². The molecule has 1 fully saturated rings. The Morgan fingerprint density at radius 3 is 2.76 bits per heavy atom. The number of hydrogen-bond acceptors (Lipinski definition) is 4. The molecule has 1 saturated heterocycles. The van der Waals surface area contributed by atoms with Crippen molar-refractivity contribution in [3.63, 3.8) is 0 Å². The molecule has 6 nitrogen and oxygen atoms in total. The van der Waals surface area contributed by atoms with Crippen LogP contribution >= 0.6 is 0 Å². The smallest absolute Gasteiger partial charge is 0.241 e. The van der Waals surface area contributed by atoms with E-state index >= 15 is 0 Å². The summed E-state index contributed by atoms with van der Waals surface area (Å²) in [6.45, 7) is 3.05. The van der Waals surface area contributed by atoms with Crippen molar-refractivity contribution in [1.82, 2.24) is 10.2 Å². The normalized spacial score (nSPS) is 25.8. The molecule has 6 heteroatoms. The summed E-state index contributed by atoms with van der Waals surface area (Å²) in [6.07, 6.45) is 0.665. The topological polar surface area (TPSA) is 84.7 Å². The van der Waals surface area contributed by atoms with Gasteiger partial charge in [-0.05, 0) is 13.3 Å². The number of likely N-dealkylation sites (tertiary alicyclic amines) is 1. The van der Waals surface area contributed by atoms with E-state index in [0.717, 1.165) is 0 Å². The van der Waals surface area contributed by atoms with Gasteiger partial charge in [-0.2, -0.15) is 0 Å². The van der Waals surface area contributed by atoms with Gasteiger partial charge in [0.15, 0.2) is 0 Å². The van der Waals surface area contributed by atoms with Crippen LogP contribution < -0.4 is 11.1 Å². The molecule has 1 aliphatic heterocycles. The second kappa shape index (κ2) is 5.46. The molecule has 1 rings (SSSR count). The van der Waals surface area contributed by atoms with E-state index in [2.05, 4.69) is 5.32 Å². The maximum Gasteiger partial charge on any atom is 0.241 e. The van der Waals surface area contributed by atoms with Crippen molar-refractivity contribution in [2.45, 2.75) is 19.4 Å². The molecule has 2 unspecified atom stereocenters. The highest BCUT2D eigenvalue weighted by molar-refractivity contribution is 5.86. The van der Waals surface area contributed by atoms with E-state index in [1.165, 1.54) is 7.11 Å². The van der Waals surface area contributed by atoms with Crippen LogP contribution in [-0.4, -0.2) is 56.6 Å². The van der Waals surface area contributed by atoms with Gasteiger partial charge in [-0.25, -0.2) is 0 Å². The minimum absolute atomic E-state index is 0.0342. The van der Waals surface area contributed by atoms with Crippen LogP contribution in [0.3, 0.4) is 0 Å². The van der Waals surface area contributed by atoms with Crippen LogP contribution in [0.1, 0.15) is 13.3 Å². The highest BCUT2D eigenvalue weighted by atomic mass is 16.5. The molecular formula is C11H21N3O3. The van der Waals surface area contributed by atoms with Gasteiger partial charge in [-0.15, -0.1) is 0 Å². The molecule has 3 N–H and O–H groups in total. The van der Waals surface area contributed by atoms with Gasteiger partial charge in [0, 0.05) is 27.2 Å². The van der Waals surface area contributed by atoms with Gasteiger partial charge in [-0.1, -0.05) is 0 Å². The maximum absolute atomic E-state index is 11.9. The first-order valence-corrected chi connectivity index (χ1v) is 5.70. The molecule has 0 spiro atoms. The molecular weight excluding hydrogens is 222 g/mol. The number of carbonyl (C=O) groups is 2. The van der Waals surface area contributed by atoms with Gasteiger partial charge in [0.1, 0.15) is 6.04 Å². The zero-order valence-electron chi connectivity index (χ0n) is 10.7. The van der Waals surface area contributed by atoms with E-state index in [4.69, 9.17) is 10.5 Å². The Kier molecular flexibility index (Phi) is 4.47. The number of carbonyl (C=O) groups excluding carboxylic acids is 2. The van der Waals surface area contributed by atoms with Gasteiger partial charge < -0.3 is 20.7 Å². The van der Waals surface area contributed by atoms with Crippen LogP contribution in [0.2, 0.25) is 0 Å². The Balaban J connectivity index is 2.61. The van der Waals surface area contributed by atoms with E-state index in [1.807, 2.05) is 6.92 Å². The molecule has 0 radical (unpaired) electrons. The van der Waals surface area contributed by atoms with E-state index in [-0.39, 0.29) is 18.4 Å². The number of nitrogens with zero attached hydrogens (tertiary/aromatic N) is 1. The summed E-state index contributed by atoms with van der Waals surface area (Å²) in [5.41, 5.74) is 5.19. The summed E-state index contributed by atoms with van der Waals surface area (Å²) in [5.74, 6) is -0.187. The SMILES string of the molecule is CNC(=O)C1(C)CCN(C(=O)C(N)COC)C1. The van der Waals surface area contributed by atoms with Gasteiger partial charge in [-0.3, -0.25) is 9.59 Å². The fraction of sp³-hybridized carbons (Fsp3) is 0.818. The van der Waals surface area contributed by atoms with Crippen LogP contribution in [0.5, 0.6) is 0 Å². The molecule has 17 heavy (non-hydrogen) atoms. The molecule has 0 aliphatic carbocycles. The lowest BCUT2D eigenvalue weighted by molar-refractivity contribution is -0.134. The Morgan fingerprint density at radius 1 is 1.59 bits per heavy atom. The fourth-order valence-corrected chi connectivity index (χ4v) is 2.12. The van der Waals surface area contributed by atoms with Crippen LogP contribution in [0.4, 0.5) is 0 Å². The summed E-state index contributed by atoms with van der Waals surface area (Å²) in [7, 11) is 3.11. The minimum Gasteiger partial charge on any atom is -0.383 e. The number of ether oxygens (including phenoxy) is 1. The lowest BCUT2D eigenvalue weighted by Gasteiger charge is -2.24. The number of hydrogen-bond donors (Lipinski definition) is 2. The van der Waals surface area contributed by atoms with Crippen molar-refractivity contribution < 1.29 is 14.3 Å². The molecule has 0 aromatic heterocycles. The molecule has 0 aromatic rings. The zero-order valence-corrected chi connectivity index (χ0v) is 10.7. The van der Waals surface area contributed by atoms with Crippen molar-refractivity contribution in [1.29, 1.82) is 0 Å². The molecule has 0 bridgehead atoms. The van der Waals surface area contributed by atoms with E-state index < -0.39 is 11.5 Å². The van der Waals surface area contributed by atoms with Gasteiger partial charge >= 0.3 is 0 Å². The third-order valence-electron chi connectivity index (χ3n) is 3.22. The Bertz CT molecular complexity index is 308. The third kappa shape index (κ3) is 2.95. The molecule has 98 valence electrons. The van der Waals surface area contributed by atoms with Crippen molar-refractivity contribution >= 4 is 11.8 Å². The Morgan fingerprint density at radius 2 is 2.24 bits per heavy atom. The zero-order chi connectivity index (χ0) is 13.1. The van der Waals surface area contributed by atoms with E-state index in [0.29, 0.717) is 19.5 Å². The van der Waals surface area contributed by atoms with Gasteiger partial charge in [0.2, 0.25) is 11.8 Å². The molecule has 1 aliphatic rings. The second-order valence-corrected chi connectivity index (χ2v) is 4.71. The van der Waals surface area contributed by atoms with Crippen molar-refractivity contribution in [2.75, 3.05) is 33.9 Å². The number of nitrogens with one attached hydrogen (secondary N) is 1. The molecule has 2 atom stereocenters. The summed E-state index contributed by atoms with van der Waals surface area (Å²) in [4.78, 5) is 25.3. The van der Waals surface area contributed by atoms with Crippen LogP contribution in [0.25, 0.3) is 0 Å². The predicted octanol–water partition coefficient (Wildman–Crippen LogP) is -1.06. The van der Waals surface area contributed by atoms with Crippen LogP contribution in [0.15, 0.2) is 0 Å². The first kappa shape index (κ1) is 13.9. The fourth-order valence-electron chi connectivity index (χ4n) is 2.12. The molecule has 0 aromatic carbocycles. The number of methoxy groups -OCH3 is 1. The first-order chi connectivity index (χ1) is 7.94. The monoisotopic (exact) mass is 243 g/mol. The summed E-state index contributed by atoms with van der Waals surface area (Å²) in [6, 6.07) is -0.646. The van der Waals surface area contributed by atoms with Crippen molar-refractivity contribution in [3.05, 3.63) is 0 Å². The lowest BCUT2D eigenvalue weighted by Crippen LogP contribution is -2.47. The van der Waals surface area contributed by atoms with Crippen molar-refractivity contribution in [2.24, 2.45) is 11.1 Å². The quantitative estimate of drug-likeness (QED) is 0.659. The first-order valence-electron chi connectivity index (χ1n) is 5.70. The lowest BCUT2D eigenvalue weighted by atomic mass is 9.89. The maximum atomic E-state index is 11.9. The summed E-state index contributed by atoms with van der Waals surface area (Å²) in [5, 5.41) is 2.63. The summed E-state index contributed by atoms with van der Waals surface area (Å²) >= 11 is 0. The second-order valence-electron chi connectivity index (χ2n) is 4.71. The number of amides is 2. The van der Waals surface area contributed by atoms with Crippen LogP contribution in [0, 0.1) is 5.41 Å². The van der Waals surface area contributed by atoms with E-state index in [9.17, 15) is 9.59 Å². The highest BCUT2D eigenvalue weighted by Crippen LogP contribution is 2.30. The third-order valence-corrected chi connectivity index (χ3v) is 3.22. The summed E-state index contributed by atoms with van der Waals surface area (Å²) < 4.78 is 4.85. The minimum atomic E-state index is -0.646. The average Bonchev–Trinajstić information content (AvgIpc) is 2.71. The highest BCUT2D eigenvalue weighted by Gasteiger charge is 2.42. The number of nitrogens with two attached hydrogens (primary N) is 1. The molecule has 0 saturated carbocycles. The van der Waals surface area contributed by atoms with Gasteiger partial charge in [0.25, 0.3) is 0 Å². The molecule has 2 amide bonds. The molecule has 1 heterocycles. The Labute approximate surface area is 101 Å².